The number of tetrazole rings is 1. The van der Waals surface area contributed by atoms with E-state index in [9.17, 15) is 0 Å². The maximum Gasteiger partial charge on any atom is 0.245 e. The summed E-state index contributed by atoms with van der Waals surface area (Å²) in [6, 6.07) is 5.57. The first-order chi connectivity index (χ1) is 6.68. The molecule has 5 nitrogen and oxygen atoms in total. The molecule has 0 fully saturated rings. The monoisotopic (exact) mass is 209 g/mol. The summed E-state index contributed by atoms with van der Waals surface area (Å²) in [7, 11) is 0. The molecule has 0 aliphatic carbocycles. The molecule has 72 valence electrons. The van der Waals surface area contributed by atoms with Crippen LogP contribution in [0.1, 0.15) is 5.56 Å². The highest BCUT2D eigenvalue weighted by atomic mass is 35.5. The summed E-state index contributed by atoms with van der Waals surface area (Å²) in [5.74, 6) is 0.218. The van der Waals surface area contributed by atoms with Crippen molar-refractivity contribution in [3.05, 3.63) is 28.8 Å². The topological polar surface area (TPSA) is 69.6 Å². The SMILES string of the molecule is Cc1ccc(-n2nnnc2N)c(Cl)c1. The van der Waals surface area contributed by atoms with E-state index in [1.807, 2.05) is 25.1 Å². The summed E-state index contributed by atoms with van der Waals surface area (Å²) < 4.78 is 1.39. The van der Waals surface area contributed by atoms with Crippen molar-refractivity contribution in [3.8, 4) is 5.69 Å². The first kappa shape index (κ1) is 8.96. The van der Waals surface area contributed by atoms with Gasteiger partial charge in [-0.05, 0) is 35.0 Å². The van der Waals surface area contributed by atoms with E-state index in [0.29, 0.717) is 10.7 Å². The molecule has 6 heteroatoms. The van der Waals surface area contributed by atoms with Gasteiger partial charge >= 0.3 is 0 Å². The Morgan fingerprint density at radius 1 is 1.43 bits per heavy atom. The average Bonchev–Trinajstić information content (AvgIpc) is 2.52. The Kier molecular flexibility index (Phi) is 2.09. The lowest BCUT2D eigenvalue weighted by atomic mass is 10.2. The molecule has 2 rings (SSSR count). The Hall–Kier alpha value is -1.62. The summed E-state index contributed by atoms with van der Waals surface area (Å²) in [6.45, 7) is 1.96. The molecular formula is C8H8ClN5. The van der Waals surface area contributed by atoms with Gasteiger partial charge in [-0.2, -0.15) is 4.68 Å². The van der Waals surface area contributed by atoms with Crippen LogP contribution in [-0.2, 0) is 0 Å². The van der Waals surface area contributed by atoms with Gasteiger partial charge in [-0.25, -0.2) is 0 Å². The third-order valence-electron chi connectivity index (χ3n) is 1.82. The number of anilines is 1. The summed E-state index contributed by atoms with van der Waals surface area (Å²) >= 11 is 6.02. The lowest BCUT2D eigenvalue weighted by molar-refractivity contribution is 0.792. The highest BCUT2D eigenvalue weighted by Gasteiger charge is 2.07. The number of nitrogens with two attached hydrogens (primary N) is 1. The fourth-order valence-corrected chi connectivity index (χ4v) is 1.46. The van der Waals surface area contributed by atoms with Crippen molar-refractivity contribution in [3.63, 3.8) is 0 Å². The molecule has 1 aromatic carbocycles. The van der Waals surface area contributed by atoms with E-state index in [-0.39, 0.29) is 5.95 Å². The van der Waals surface area contributed by atoms with Gasteiger partial charge in [-0.3, -0.25) is 0 Å². The zero-order chi connectivity index (χ0) is 10.1. The van der Waals surface area contributed by atoms with E-state index in [2.05, 4.69) is 15.5 Å². The fraction of sp³-hybridized carbons (Fsp3) is 0.125. The standard InChI is InChI=1S/C8H8ClN5/c1-5-2-3-7(6(9)4-5)14-8(10)11-12-13-14/h2-4H,1H3,(H2,10,11,13). The summed E-state index contributed by atoms with van der Waals surface area (Å²) in [6.07, 6.45) is 0. The molecule has 14 heavy (non-hydrogen) atoms. The van der Waals surface area contributed by atoms with Crippen LogP contribution in [0.25, 0.3) is 5.69 Å². The van der Waals surface area contributed by atoms with Crippen LogP contribution >= 0.6 is 11.6 Å². The molecule has 2 N–H and O–H groups in total. The van der Waals surface area contributed by atoms with Crippen LogP contribution in [-0.4, -0.2) is 20.2 Å². The molecule has 0 saturated heterocycles. The third-order valence-corrected chi connectivity index (χ3v) is 2.13. The van der Waals surface area contributed by atoms with Crippen molar-refractivity contribution >= 4 is 17.5 Å². The zero-order valence-electron chi connectivity index (χ0n) is 7.48. The van der Waals surface area contributed by atoms with E-state index < -0.39 is 0 Å². The van der Waals surface area contributed by atoms with Crippen LogP contribution in [0.5, 0.6) is 0 Å². The minimum atomic E-state index is 0.218. The molecule has 0 aliphatic heterocycles. The van der Waals surface area contributed by atoms with Crippen molar-refractivity contribution < 1.29 is 0 Å². The van der Waals surface area contributed by atoms with Gasteiger partial charge in [0.2, 0.25) is 5.95 Å². The van der Waals surface area contributed by atoms with Crippen molar-refractivity contribution in [1.82, 2.24) is 20.2 Å². The summed E-state index contributed by atoms with van der Waals surface area (Å²) in [4.78, 5) is 0. The minimum absolute atomic E-state index is 0.218. The Labute approximate surface area is 85.5 Å². The predicted octanol–water partition coefficient (Wildman–Crippen LogP) is 1.21. The smallest absolute Gasteiger partial charge is 0.245 e. The quantitative estimate of drug-likeness (QED) is 0.767. The first-order valence-corrected chi connectivity index (χ1v) is 4.36. The number of hydrogen-bond donors (Lipinski definition) is 1. The highest BCUT2D eigenvalue weighted by Crippen LogP contribution is 2.21. The second-order valence-electron chi connectivity index (χ2n) is 2.90. The second-order valence-corrected chi connectivity index (χ2v) is 3.31. The molecule has 0 atom stereocenters. The fourth-order valence-electron chi connectivity index (χ4n) is 1.15. The molecule has 0 radical (unpaired) electrons. The summed E-state index contributed by atoms with van der Waals surface area (Å²) in [5.41, 5.74) is 7.30. The number of aromatic nitrogens is 4. The highest BCUT2D eigenvalue weighted by molar-refractivity contribution is 6.32. The number of nitrogen functional groups attached to an aromatic ring is 1. The molecule has 2 aromatic rings. The van der Waals surface area contributed by atoms with Crippen molar-refractivity contribution in [1.29, 1.82) is 0 Å². The molecule has 0 spiro atoms. The molecular weight excluding hydrogens is 202 g/mol. The normalized spacial score (nSPS) is 10.4. The Bertz CT molecular complexity index is 465. The van der Waals surface area contributed by atoms with Crippen molar-refractivity contribution in [2.75, 3.05) is 5.73 Å². The van der Waals surface area contributed by atoms with E-state index in [1.54, 1.807) is 0 Å². The molecule has 0 aliphatic rings. The Morgan fingerprint density at radius 3 is 2.79 bits per heavy atom. The van der Waals surface area contributed by atoms with E-state index in [1.165, 1.54) is 4.68 Å². The molecule has 1 aromatic heterocycles. The number of hydrogen-bond acceptors (Lipinski definition) is 4. The van der Waals surface area contributed by atoms with Gasteiger partial charge in [0.05, 0.1) is 10.7 Å². The average molecular weight is 210 g/mol. The van der Waals surface area contributed by atoms with Gasteiger partial charge in [0.1, 0.15) is 0 Å². The van der Waals surface area contributed by atoms with Gasteiger partial charge in [0.15, 0.2) is 0 Å². The lowest BCUT2D eigenvalue weighted by Gasteiger charge is -2.04. The molecule has 0 saturated carbocycles. The van der Waals surface area contributed by atoms with Gasteiger partial charge in [-0.15, -0.1) is 0 Å². The molecule has 0 unspecified atom stereocenters. The van der Waals surface area contributed by atoms with Crippen LogP contribution in [0.15, 0.2) is 18.2 Å². The first-order valence-electron chi connectivity index (χ1n) is 3.99. The van der Waals surface area contributed by atoms with Crippen LogP contribution < -0.4 is 5.73 Å². The Morgan fingerprint density at radius 2 is 2.21 bits per heavy atom. The van der Waals surface area contributed by atoms with Crippen LogP contribution in [0.4, 0.5) is 5.95 Å². The zero-order valence-corrected chi connectivity index (χ0v) is 8.23. The van der Waals surface area contributed by atoms with Crippen LogP contribution in [0.3, 0.4) is 0 Å². The van der Waals surface area contributed by atoms with Gasteiger partial charge in [0.25, 0.3) is 0 Å². The van der Waals surface area contributed by atoms with E-state index >= 15 is 0 Å². The number of aryl methyl sites for hydroxylation is 1. The van der Waals surface area contributed by atoms with E-state index in [0.717, 1.165) is 5.56 Å². The molecule has 0 bridgehead atoms. The van der Waals surface area contributed by atoms with Gasteiger partial charge in [-0.1, -0.05) is 22.8 Å². The number of halogens is 1. The summed E-state index contributed by atoms with van der Waals surface area (Å²) in [5, 5.41) is 11.3. The molecule has 1 heterocycles. The van der Waals surface area contributed by atoms with Crippen LogP contribution in [0.2, 0.25) is 5.02 Å². The number of benzene rings is 1. The third kappa shape index (κ3) is 1.42. The van der Waals surface area contributed by atoms with Crippen LogP contribution in [0, 0.1) is 6.92 Å². The number of rotatable bonds is 1. The predicted molar refractivity (Wildman–Crippen MR) is 53.3 cm³/mol. The lowest BCUT2D eigenvalue weighted by Crippen LogP contribution is -2.03. The van der Waals surface area contributed by atoms with Gasteiger partial charge < -0.3 is 5.73 Å². The maximum atomic E-state index is 6.02. The molecule has 0 amide bonds. The largest absolute Gasteiger partial charge is 0.366 e. The number of nitrogens with zero attached hydrogens (tertiary/aromatic N) is 4. The Balaban J connectivity index is 2.58. The van der Waals surface area contributed by atoms with Crippen molar-refractivity contribution in [2.45, 2.75) is 6.92 Å². The van der Waals surface area contributed by atoms with Gasteiger partial charge in [0, 0.05) is 0 Å². The second kappa shape index (κ2) is 3.26. The maximum absolute atomic E-state index is 6.02. The minimum Gasteiger partial charge on any atom is -0.366 e. The van der Waals surface area contributed by atoms with Crippen molar-refractivity contribution in [2.24, 2.45) is 0 Å². The van der Waals surface area contributed by atoms with E-state index in [4.69, 9.17) is 17.3 Å².